The molecule has 0 saturated heterocycles. The van der Waals surface area contributed by atoms with E-state index in [0.29, 0.717) is 0 Å². The minimum absolute atomic E-state index is 0.376. The quantitative estimate of drug-likeness (QED) is 0.163. The molecule has 294 valence electrons. The highest BCUT2D eigenvalue weighted by atomic mass is 15.1. The SMILES string of the molecule is c1ccc(-c2ccc(N(c3ccc(-c4ccc(-n5c6ccccc6c6ccccc65)cc4)cc3)c3ccc4c(c3)-c3ccccc3C43c4ccccc4-c4ccccc43)cc2)cc1. The van der Waals surface area contributed by atoms with Gasteiger partial charge in [0.05, 0.1) is 16.4 Å². The van der Waals surface area contributed by atoms with E-state index in [1.807, 2.05) is 0 Å². The fourth-order valence-electron chi connectivity index (χ4n) is 10.9. The molecule has 11 aromatic rings. The Morgan fingerprint density at radius 2 is 0.667 bits per heavy atom. The average molecular weight is 801 g/mol. The van der Waals surface area contributed by atoms with Gasteiger partial charge in [-0.05, 0) is 127 Å². The summed E-state index contributed by atoms with van der Waals surface area (Å²) in [5.74, 6) is 0. The summed E-state index contributed by atoms with van der Waals surface area (Å²) >= 11 is 0. The molecule has 0 bridgehead atoms. The van der Waals surface area contributed by atoms with Crippen molar-refractivity contribution < 1.29 is 0 Å². The van der Waals surface area contributed by atoms with E-state index < -0.39 is 0 Å². The summed E-state index contributed by atoms with van der Waals surface area (Å²) in [6.45, 7) is 0. The summed E-state index contributed by atoms with van der Waals surface area (Å²) < 4.78 is 2.37. The molecule has 0 N–H and O–H groups in total. The van der Waals surface area contributed by atoms with Gasteiger partial charge in [-0.15, -0.1) is 0 Å². The molecule has 0 amide bonds. The normalized spacial score (nSPS) is 12.9. The number of anilines is 3. The van der Waals surface area contributed by atoms with Crippen LogP contribution in [0.3, 0.4) is 0 Å². The minimum atomic E-state index is -0.376. The monoisotopic (exact) mass is 800 g/mol. The number of benzene rings is 10. The van der Waals surface area contributed by atoms with Crippen LogP contribution in [0.1, 0.15) is 22.3 Å². The number of nitrogens with zero attached hydrogens (tertiary/aromatic N) is 2. The van der Waals surface area contributed by atoms with E-state index in [0.717, 1.165) is 22.7 Å². The van der Waals surface area contributed by atoms with Crippen LogP contribution in [0.2, 0.25) is 0 Å². The van der Waals surface area contributed by atoms with Crippen molar-refractivity contribution >= 4 is 38.9 Å². The molecule has 1 aromatic heterocycles. The first-order chi connectivity index (χ1) is 31.3. The molecule has 1 heterocycles. The molecule has 0 fully saturated rings. The minimum Gasteiger partial charge on any atom is -0.310 e. The van der Waals surface area contributed by atoms with Crippen molar-refractivity contribution in [3.63, 3.8) is 0 Å². The second-order valence-electron chi connectivity index (χ2n) is 16.8. The van der Waals surface area contributed by atoms with Crippen LogP contribution < -0.4 is 4.90 Å². The fraction of sp³-hybridized carbons (Fsp3) is 0.0164. The molecule has 2 aliphatic rings. The summed E-state index contributed by atoms with van der Waals surface area (Å²) in [7, 11) is 0. The van der Waals surface area contributed by atoms with Gasteiger partial charge in [0, 0.05) is 33.5 Å². The first kappa shape index (κ1) is 35.5. The molecule has 2 heteroatoms. The van der Waals surface area contributed by atoms with Crippen LogP contribution in [0.5, 0.6) is 0 Å². The van der Waals surface area contributed by atoms with Crippen molar-refractivity contribution in [3.05, 3.63) is 265 Å². The van der Waals surface area contributed by atoms with Gasteiger partial charge in [0.15, 0.2) is 0 Å². The number of rotatable bonds is 6. The standard InChI is InChI=1S/C61H40N2/c1-2-14-41(15-3-1)42-26-32-45(33-27-42)62(46-34-28-43(29-35-46)44-30-36-47(37-31-44)63-59-24-12-7-19-52(59)53-20-8-13-25-60(53)63)48-38-39-58-54(40-48)51-18-6-11-23-57(51)61(58)55-21-9-4-16-49(55)50-17-5-10-22-56(50)61/h1-40H. The molecule has 0 atom stereocenters. The van der Waals surface area contributed by atoms with Gasteiger partial charge < -0.3 is 9.47 Å². The van der Waals surface area contributed by atoms with E-state index in [-0.39, 0.29) is 5.41 Å². The zero-order valence-corrected chi connectivity index (χ0v) is 34.5. The molecule has 10 aromatic carbocycles. The molecule has 2 nitrogen and oxygen atoms in total. The molecule has 2 aliphatic carbocycles. The fourth-order valence-corrected chi connectivity index (χ4v) is 10.9. The highest BCUT2D eigenvalue weighted by molar-refractivity contribution is 6.09. The van der Waals surface area contributed by atoms with Gasteiger partial charge in [0.2, 0.25) is 0 Å². The third-order valence-corrected chi connectivity index (χ3v) is 13.6. The Kier molecular flexibility index (Phi) is 7.85. The van der Waals surface area contributed by atoms with E-state index in [1.54, 1.807) is 0 Å². The number of aromatic nitrogens is 1. The first-order valence-corrected chi connectivity index (χ1v) is 21.8. The third-order valence-electron chi connectivity index (χ3n) is 13.6. The molecule has 0 saturated carbocycles. The Labute approximate surface area is 367 Å². The van der Waals surface area contributed by atoms with Crippen molar-refractivity contribution in [2.45, 2.75) is 5.41 Å². The van der Waals surface area contributed by atoms with Crippen LogP contribution in [0.15, 0.2) is 243 Å². The van der Waals surface area contributed by atoms with E-state index in [9.17, 15) is 0 Å². The van der Waals surface area contributed by atoms with Crippen molar-refractivity contribution in [3.8, 4) is 50.2 Å². The number of para-hydroxylation sites is 2. The van der Waals surface area contributed by atoms with Gasteiger partial charge in [-0.1, -0.05) is 182 Å². The van der Waals surface area contributed by atoms with Gasteiger partial charge in [-0.25, -0.2) is 0 Å². The molecule has 0 unspecified atom stereocenters. The molecule has 63 heavy (non-hydrogen) atoms. The van der Waals surface area contributed by atoms with Crippen LogP contribution in [-0.2, 0) is 5.41 Å². The molecular weight excluding hydrogens is 761 g/mol. The lowest BCUT2D eigenvalue weighted by Crippen LogP contribution is -2.25. The van der Waals surface area contributed by atoms with Crippen LogP contribution in [0, 0.1) is 0 Å². The average Bonchev–Trinajstić information content (AvgIpc) is 3.97. The number of hydrogen-bond acceptors (Lipinski definition) is 1. The largest absolute Gasteiger partial charge is 0.310 e. The van der Waals surface area contributed by atoms with E-state index in [2.05, 4.69) is 252 Å². The number of hydrogen-bond donors (Lipinski definition) is 0. The Balaban J connectivity index is 0.922. The first-order valence-electron chi connectivity index (χ1n) is 21.8. The van der Waals surface area contributed by atoms with Gasteiger partial charge in [-0.2, -0.15) is 0 Å². The lowest BCUT2D eigenvalue weighted by molar-refractivity contribution is 0.794. The molecular formula is C61H40N2. The number of fused-ring (bicyclic) bond motifs is 13. The summed E-state index contributed by atoms with van der Waals surface area (Å²) in [4.78, 5) is 2.41. The van der Waals surface area contributed by atoms with Crippen molar-refractivity contribution in [1.82, 2.24) is 4.57 Å². The van der Waals surface area contributed by atoms with Gasteiger partial charge in [0.25, 0.3) is 0 Å². The Morgan fingerprint density at radius 1 is 0.286 bits per heavy atom. The van der Waals surface area contributed by atoms with E-state index in [1.165, 1.54) is 88.6 Å². The van der Waals surface area contributed by atoms with E-state index >= 15 is 0 Å². The van der Waals surface area contributed by atoms with Crippen LogP contribution in [-0.4, -0.2) is 4.57 Å². The maximum atomic E-state index is 2.43. The highest BCUT2D eigenvalue weighted by Crippen LogP contribution is 2.63. The lowest BCUT2D eigenvalue weighted by Gasteiger charge is -2.31. The highest BCUT2D eigenvalue weighted by Gasteiger charge is 2.51. The predicted molar refractivity (Wildman–Crippen MR) is 263 cm³/mol. The molecule has 1 spiro atoms. The summed E-state index contributed by atoms with van der Waals surface area (Å²) in [5.41, 5.74) is 21.9. The Bertz CT molecular complexity index is 3440. The molecule has 0 radical (unpaired) electrons. The van der Waals surface area contributed by atoms with E-state index in [4.69, 9.17) is 0 Å². The third kappa shape index (κ3) is 5.25. The summed E-state index contributed by atoms with van der Waals surface area (Å²) in [6, 6.07) is 89.3. The van der Waals surface area contributed by atoms with Gasteiger partial charge >= 0.3 is 0 Å². The van der Waals surface area contributed by atoms with Crippen LogP contribution in [0.4, 0.5) is 17.1 Å². The zero-order chi connectivity index (χ0) is 41.5. The Morgan fingerprint density at radius 3 is 1.19 bits per heavy atom. The Hall–Kier alpha value is -8.20. The summed E-state index contributed by atoms with van der Waals surface area (Å²) in [6.07, 6.45) is 0. The molecule has 13 rings (SSSR count). The van der Waals surface area contributed by atoms with Crippen LogP contribution in [0.25, 0.3) is 72.0 Å². The predicted octanol–water partition coefficient (Wildman–Crippen LogP) is 15.9. The van der Waals surface area contributed by atoms with Crippen molar-refractivity contribution in [1.29, 1.82) is 0 Å². The van der Waals surface area contributed by atoms with Gasteiger partial charge in [-0.3, -0.25) is 0 Å². The van der Waals surface area contributed by atoms with Crippen molar-refractivity contribution in [2.24, 2.45) is 0 Å². The van der Waals surface area contributed by atoms with Crippen molar-refractivity contribution in [2.75, 3.05) is 4.90 Å². The zero-order valence-electron chi connectivity index (χ0n) is 34.5. The molecule has 0 aliphatic heterocycles. The lowest BCUT2D eigenvalue weighted by atomic mass is 9.70. The maximum Gasteiger partial charge on any atom is 0.0725 e. The second kappa shape index (κ2) is 13.9. The second-order valence-corrected chi connectivity index (χ2v) is 16.8. The summed E-state index contributed by atoms with van der Waals surface area (Å²) in [5, 5.41) is 2.54. The van der Waals surface area contributed by atoms with Crippen LogP contribution >= 0.6 is 0 Å². The smallest absolute Gasteiger partial charge is 0.0725 e. The maximum absolute atomic E-state index is 2.43. The van der Waals surface area contributed by atoms with Gasteiger partial charge in [0.1, 0.15) is 0 Å². The topological polar surface area (TPSA) is 8.17 Å².